The largest absolute Gasteiger partial charge is 0.619 e. The van der Waals surface area contributed by atoms with Gasteiger partial charge in [-0.25, -0.2) is 0 Å². The van der Waals surface area contributed by atoms with Gasteiger partial charge in [-0.3, -0.25) is 19.3 Å². The average molecular weight is 553 g/mol. The molecule has 0 aliphatic carbocycles. The first-order chi connectivity index (χ1) is 17.5. The molecule has 1 aliphatic rings. The summed E-state index contributed by atoms with van der Waals surface area (Å²) in [5.41, 5.74) is 0.623. The third-order valence-electron chi connectivity index (χ3n) is 5.46. The number of benzene rings is 2. The molecular weight excluding hydrogens is 537 g/mol. The third-order valence-corrected chi connectivity index (χ3v) is 6.11. The van der Waals surface area contributed by atoms with Crippen molar-refractivity contribution in [3.05, 3.63) is 92.4 Å². The highest BCUT2D eigenvalue weighted by atomic mass is 35.5. The number of carbonyl (C=O) groups is 3. The summed E-state index contributed by atoms with van der Waals surface area (Å²) in [4.78, 5) is 38.8. The van der Waals surface area contributed by atoms with Gasteiger partial charge in [0.1, 0.15) is 22.7 Å². The molecule has 13 heteroatoms. The highest BCUT2D eigenvalue weighted by Crippen LogP contribution is 2.35. The Morgan fingerprint density at radius 2 is 1.65 bits per heavy atom. The maximum Gasteiger partial charge on any atom is 0.387 e. The van der Waals surface area contributed by atoms with Gasteiger partial charge in [0.2, 0.25) is 0 Å². The fourth-order valence-corrected chi connectivity index (χ4v) is 4.38. The molecule has 4 rings (SSSR count). The molecule has 3 aromatic rings. The van der Waals surface area contributed by atoms with Crippen LogP contribution in [0, 0.1) is 5.21 Å². The molecule has 0 bridgehead atoms. The van der Waals surface area contributed by atoms with E-state index in [0.717, 1.165) is 29.4 Å². The summed E-state index contributed by atoms with van der Waals surface area (Å²) in [6.45, 7) is -3.91. The number of alkyl halides is 2. The van der Waals surface area contributed by atoms with Crippen LogP contribution in [0.25, 0.3) is 0 Å². The lowest BCUT2D eigenvalue weighted by Gasteiger charge is -2.22. The summed E-state index contributed by atoms with van der Waals surface area (Å²) in [5, 5.41) is 21.6. The number of imide groups is 1. The molecule has 0 saturated heterocycles. The Morgan fingerprint density at radius 3 is 2.19 bits per heavy atom. The topological polar surface area (TPSA) is 120 Å². The molecule has 0 fully saturated rings. The van der Waals surface area contributed by atoms with Gasteiger partial charge in [0.05, 0.1) is 11.1 Å². The lowest BCUT2D eigenvalue weighted by molar-refractivity contribution is -0.605. The Kier molecular flexibility index (Phi) is 7.46. The number of fused-ring (bicyclic) bond motifs is 1. The molecule has 0 unspecified atom stereocenters. The molecular formula is C24H16Cl2F2N2O7. The lowest BCUT2D eigenvalue weighted by Crippen LogP contribution is -2.36. The van der Waals surface area contributed by atoms with Gasteiger partial charge >= 0.3 is 12.6 Å². The molecule has 0 saturated carbocycles. The van der Waals surface area contributed by atoms with Crippen LogP contribution in [0.2, 0.25) is 10.0 Å². The van der Waals surface area contributed by atoms with Crippen molar-refractivity contribution in [2.45, 2.75) is 19.1 Å². The van der Waals surface area contributed by atoms with E-state index in [1.807, 2.05) is 0 Å². The van der Waals surface area contributed by atoms with E-state index < -0.39 is 48.5 Å². The zero-order valence-corrected chi connectivity index (χ0v) is 20.1. The minimum atomic E-state index is -3.19. The van der Waals surface area contributed by atoms with Crippen molar-refractivity contribution in [3.8, 4) is 11.5 Å². The van der Waals surface area contributed by atoms with Crippen LogP contribution in [0.1, 0.15) is 37.9 Å². The monoisotopic (exact) mass is 552 g/mol. The van der Waals surface area contributed by atoms with Crippen molar-refractivity contribution in [1.82, 2.24) is 4.90 Å². The van der Waals surface area contributed by atoms with E-state index in [4.69, 9.17) is 27.9 Å². The Balaban J connectivity index is 1.61. The molecule has 1 N–H and O–H groups in total. The Labute approximate surface area is 217 Å². The fourth-order valence-electron chi connectivity index (χ4n) is 3.78. The van der Waals surface area contributed by atoms with Gasteiger partial charge in [0, 0.05) is 12.0 Å². The highest BCUT2D eigenvalue weighted by Gasteiger charge is 2.37. The van der Waals surface area contributed by atoms with Crippen LogP contribution < -0.4 is 9.47 Å². The van der Waals surface area contributed by atoms with Crippen LogP contribution >= 0.6 is 23.2 Å². The second-order valence-electron chi connectivity index (χ2n) is 7.82. The standard InChI is InChI=1S/C24H16Cl2F2N2O7/c25-16-9-29(35)10-17(26)15(16)8-20(12-5-6-19(18(31)7-12)37-24(27)28)36-21(32)11-30-22(33)13-3-1-2-4-14(13)23(30)34/h1-7,9-10,20,24,31H,8,11H2/t20-/m0/s1. The van der Waals surface area contributed by atoms with Crippen LogP contribution in [-0.2, 0) is 16.0 Å². The molecule has 1 aromatic heterocycles. The van der Waals surface area contributed by atoms with Crippen LogP contribution in [0.15, 0.2) is 54.9 Å². The summed E-state index contributed by atoms with van der Waals surface area (Å²) in [5.74, 6) is -3.52. The molecule has 1 aliphatic heterocycles. The number of carbonyl (C=O) groups excluding carboxylic acids is 3. The number of ether oxygens (including phenoxy) is 2. The van der Waals surface area contributed by atoms with Crippen molar-refractivity contribution < 1.29 is 42.5 Å². The van der Waals surface area contributed by atoms with Crippen LogP contribution in [0.5, 0.6) is 11.5 Å². The quantitative estimate of drug-likeness (QED) is 0.193. The van der Waals surface area contributed by atoms with Gasteiger partial charge < -0.3 is 19.8 Å². The van der Waals surface area contributed by atoms with Gasteiger partial charge in [-0.05, 0) is 29.8 Å². The first-order valence-electron chi connectivity index (χ1n) is 10.5. The van der Waals surface area contributed by atoms with Gasteiger partial charge in [0.15, 0.2) is 23.9 Å². The van der Waals surface area contributed by atoms with Crippen LogP contribution in [0.4, 0.5) is 8.78 Å². The van der Waals surface area contributed by atoms with Crippen LogP contribution in [-0.4, -0.2) is 40.9 Å². The van der Waals surface area contributed by atoms with Crippen molar-refractivity contribution >= 4 is 41.0 Å². The summed E-state index contributed by atoms with van der Waals surface area (Å²) >= 11 is 12.3. The van der Waals surface area contributed by atoms with Crippen molar-refractivity contribution in [1.29, 1.82) is 0 Å². The summed E-state index contributed by atoms with van der Waals surface area (Å²) < 4.78 is 35.3. The number of hydrogen-bond acceptors (Lipinski definition) is 7. The SMILES string of the molecule is O=C(CN1C(=O)c2ccccc2C1=O)O[C@@H](Cc1c(Cl)c[n+]([O-])cc1Cl)c1ccc(OC(F)F)c(O)c1. The van der Waals surface area contributed by atoms with Crippen molar-refractivity contribution in [3.63, 3.8) is 0 Å². The number of phenols is 1. The number of aromatic nitrogens is 1. The first-order valence-corrected chi connectivity index (χ1v) is 11.3. The Morgan fingerprint density at radius 1 is 1.05 bits per heavy atom. The zero-order chi connectivity index (χ0) is 26.9. The number of phenolic OH excluding ortho intramolecular Hbond substituents is 1. The molecule has 2 aromatic carbocycles. The molecule has 192 valence electrons. The predicted molar refractivity (Wildman–Crippen MR) is 125 cm³/mol. The molecule has 37 heavy (non-hydrogen) atoms. The normalized spacial score (nSPS) is 13.6. The van der Waals surface area contributed by atoms with Gasteiger partial charge in [0.25, 0.3) is 11.8 Å². The number of rotatable bonds is 8. The van der Waals surface area contributed by atoms with Gasteiger partial charge in [-0.2, -0.15) is 13.5 Å². The van der Waals surface area contributed by atoms with E-state index in [9.17, 15) is 33.5 Å². The van der Waals surface area contributed by atoms with Crippen molar-refractivity contribution in [2.75, 3.05) is 6.54 Å². The first kappa shape index (κ1) is 26.1. The molecule has 0 spiro atoms. The number of nitrogens with zero attached hydrogens (tertiary/aromatic N) is 2. The van der Waals surface area contributed by atoms with E-state index >= 15 is 0 Å². The smallest absolute Gasteiger partial charge is 0.387 e. The Bertz CT molecular complexity index is 1350. The van der Waals surface area contributed by atoms with Gasteiger partial charge in [-0.15, -0.1) is 0 Å². The van der Waals surface area contributed by atoms with E-state index in [0.29, 0.717) is 4.73 Å². The van der Waals surface area contributed by atoms with E-state index in [1.165, 1.54) is 18.2 Å². The van der Waals surface area contributed by atoms with E-state index in [-0.39, 0.29) is 38.7 Å². The number of pyridine rings is 1. The minimum absolute atomic E-state index is 0.0502. The van der Waals surface area contributed by atoms with Gasteiger partial charge in [-0.1, -0.05) is 41.4 Å². The molecule has 0 radical (unpaired) electrons. The molecule has 2 heterocycles. The third kappa shape index (κ3) is 5.57. The predicted octanol–water partition coefficient (Wildman–Crippen LogP) is 4.06. The highest BCUT2D eigenvalue weighted by molar-refractivity contribution is 6.35. The summed E-state index contributed by atoms with van der Waals surface area (Å²) in [6.07, 6.45) is 0.613. The maximum atomic E-state index is 12.9. The van der Waals surface area contributed by atoms with E-state index in [2.05, 4.69) is 4.74 Å². The fraction of sp³-hybridized carbons (Fsp3) is 0.167. The molecule has 9 nitrogen and oxygen atoms in total. The second-order valence-corrected chi connectivity index (χ2v) is 8.64. The number of esters is 1. The maximum absolute atomic E-state index is 12.9. The second kappa shape index (κ2) is 10.6. The zero-order valence-electron chi connectivity index (χ0n) is 18.6. The number of amides is 2. The summed E-state index contributed by atoms with van der Waals surface area (Å²) in [6, 6.07) is 9.41. The minimum Gasteiger partial charge on any atom is -0.619 e. The molecule has 1 atom stereocenters. The average Bonchev–Trinajstić information content (AvgIpc) is 3.06. The number of aromatic hydroxyl groups is 1. The van der Waals surface area contributed by atoms with Crippen LogP contribution in [0.3, 0.4) is 0 Å². The van der Waals surface area contributed by atoms with E-state index in [1.54, 1.807) is 12.1 Å². The lowest BCUT2D eigenvalue weighted by atomic mass is 10.0. The number of halogens is 4. The van der Waals surface area contributed by atoms with Crippen molar-refractivity contribution in [2.24, 2.45) is 0 Å². The Hall–Kier alpha value is -3.96. The molecule has 2 amide bonds. The number of hydrogen-bond donors (Lipinski definition) is 1. The summed E-state index contributed by atoms with van der Waals surface area (Å²) in [7, 11) is 0.